The van der Waals surface area contributed by atoms with Crippen LogP contribution in [0.4, 0.5) is 0 Å². The minimum atomic E-state index is -3.89. The summed E-state index contributed by atoms with van der Waals surface area (Å²) in [5, 5.41) is 1.85. The first-order valence-electron chi connectivity index (χ1n) is 7.98. The summed E-state index contributed by atoms with van der Waals surface area (Å²) in [4.78, 5) is 15.6. The van der Waals surface area contributed by atoms with Crippen LogP contribution in [0.1, 0.15) is 38.0 Å². The fraction of sp³-hybridized carbons (Fsp3) is 0.500. The van der Waals surface area contributed by atoms with Gasteiger partial charge in [-0.15, -0.1) is 15.7 Å². The molecule has 0 N–H and O–H groups in total. The molecule has 0 spiro atoms. The van der Waals surface area contributed by atoms with Crippen LogP contribution in [0.5, 0.6) is 0 Å². The molecule has 8 heteroatoms. The lowest BCUT2D eigenvalue weighted by molar-refractivity contribution is -0.134. The molecule has 2 aliphatic rings. The van der Waals surface area contributed by atoms with E-state index >= 15 is 0 Å². The van der Waals surface area contributed by atoms with E-state index < -0.39 is 10.2 Å². The van der Waals surface area contributed by atoms with Crippen molar-refractivity contribution in [3.05, 3.63) is 34.2 Å². The highest BCUT2D eigenvalue weighted by molar-refractivity contribution is 7.88. The van der Waals surface area contributed by atoms with E-state index in [1.54, 1.807) is 17.0 Å². The maximum atomic E-state index is 13.1. The standard InChI is InChI=1S/C16H21N3O3S2/c1-11-6-4-7-12(2)19(11)16(20)14-10-13(15-8-5-9-23-15)17-24(21,22)18(14)3/h5,8-12H,4,6-7H2,1-3H3/t11-,12+. The third-order valence-electron chi connectivity index (χ3n) is 4.59. The van der Waals surface area contributed by atoms with Gasteiger partial charge in [0.1, 0.15) is 5.70 Å². The SMILES string of the molecule is C[C@@H]1CCC[C@H](C)N1C(=O)C1=CC(c2cccs2)=NS(=O)(=O)N1C. The van der Waals surface area contributed by atoms with Crippen LogP contribution in [-0.4, -0.2) is 48.4 Å². The maximum Gasteiger partial charge on any atom is 0.345 e. The Labute approximate surface area is 146 Å². The first-order valence-corrected chi connectivity index (χ1v) is 10.3. The molecule has 130 valence electrons. The maximum absolute atomic E-state index is 13.1. The molecule has 1 fully saturated rings. The van der Waals surface area contributed by atoms with Crippen molar-refractivity contribution in [1.29, 1.82) is 0 Å². The van der Waals surface area contributed by atoms with Crippen molar-refractivity contribution in [2.45, 2.75) is 45.2 Å². The molecule has 2 aliphatic heterocycles. The molecule has 0 aromatic carbocycles. The van der Waals surface area contributed by atoms with Gasteiger partial charge in [-0.3, -0.25) is 4.79 Å². The van der Waals surface area contributed by atoms with Crippen LogP contribution >= 0.6 is 11.3 Å². The minimum Gasteiger partial charge on any atom is -0.332 e. The summed E-state index contributed by atoms with van der Waals surface area (Å²) in [6, 6.07) is 3.83. The molecule has 24 heavy (non-hydrogen) atoms. The Morgan fingerprint density at radius 2 is 1.96 bits per heavy atom. The molecule has 1 saturated heterocycles. The number of allylic oxidation sites excluding steroid dienone is 1. The molecule has 6 nitrogen and oxygen atoms in total. The van der Waals surface area contributed by atoms with E-state index in [9.17, 15) is 13.2 Å². The molecule has 1 amide bonds. The van der Waals surface area contributed by atoms with Crippen LogP contribution in [0.25, 0.3) is 0 Å². The molecule has 3 heterocycles. The van der Waals surface area contributed by atoms with Crippen LogP contribution in [0.15, 0.2) is 33.7 Å². The van der Waals surface area contributed by atoms with E-state index in [0.29, 0.717) is 5.71 Å². The van der Waals surface area contributed by atoms with Crippen molar-refractivity contribution in [2.75, 3.05) is 7.05 Å². The van der Waals surface area contributed by atoms with Crippen molar-refractivity contribution >= 4 is 33.2 Å². The Balaban J connectivity index is 2.01. The number of hydrogen-bond acceptors (Lipinski definition) is 4. The second-order valence-electron chi connectivity index (χ2n) is 6.27. The van der Waals surface area contributed by atoms with E-state index in [-0.39, 0.29) is 23.7 Å². The second-order valence-corrected chi connectivity index (χ2v) is 8.84. The summed E-state index contributed by atoms with van der Waals surface area (Å²) in [6.07, 6.45) is 4.54. The molecule has 0 unspecified atom stereocenters. The zero-order valence-electron chi connectivity index (χ0n) is 14.0. The predicted octanol–water partition coefficient (Wildman–Crippen LogP) is 2.40. The minimum absolute atomic E-state index is 0.0994. The van der Waals surface area contributed by atoms with Crippen LogP contribution in [0.2, 0.25) is 0 Å². The molecule has 0 bridgehead atoms. The van der Waals surface area contributed by atoms with Gasteiger partial charge in [0.05, 0.1) is 10.6 Å². The molecule has 0 radical (unpaired) electrons. The molecule has 1 aromatic heterocycles. The Morgan fingerprint density at radius 1 is 1.29 bits per heavy atom. The van der Waals surface area contributed by atoms with Crippen LogP contribution < -0.4 is 0 Å². The fourth-order valence-corrected chi connectivity index (χ4v) is 4.89. The molecule has 3 rings (SSSR count). The van der Waals surface area contributed by atoms with Gasteiger partial charge in [-0.25, -0.2) is 4.31 Å². The van der Waals surface area contributed by atoms with Crippen molar-refractivity contribution in [2.24, 2.45) is 4.40 Å². The Morgan fingerprint density at radius 3 is 2.54 bits per heavy atom. The van der Waals surface area contributed by atoms with Crippen LogP contribution in [0.3, 0.4) is 0 Å². The first kappa shape index (κ1) is 17.2. The summed E-state index contributed by atoms with van der Waals surface area (Å²) >= 11 is 1.40. The first-order chi connectivity index (χ1) is 11.3. The largest absolute Gasteiger partial charge is 0.345 e. The number of hydrogen-bond donors (Lipinski definition) is 0. The summed E-state index contributed by atoms with van der Waals surface area (Å²) in [7, 11) is -2.51. The van der Waals surface area contributed by atoms with Gasteiger partial charge in [0.25, 0.3) is 5.91 Å². The normalized spacial score (nSPS) is 26.8. The zero-order valence-corrected chi connectivity index (χ0v) is 15.6. The van der Waals surface area contributed by atoms with Crippen molar-refractivity contribution < 1.29 is 13.2 Å². The number of carbonyl (C=O) groups is 1. The van der Waals surface area contributed by atoms with Gasteiger partial charge < -0.3 is 4.90 Å². The Bertz CT molecular complexity index is 787. The number of nitrogens with zero attached hydrogens (tertiary/aromatic N) is 3. The third-order valence-corrected chi connectivity index (χ3v) is 6.80. The van der Waals surface area contributed by atoms with Gasteiger partial charge in [-0.1, -0.05) is 6.07 Å². The number of likely N-dealkylation sites (N-methyl/N-ethyl adjacent to an activating group) is 1. The van der Waals surface area contributed by atoms with Crippen LogP contribution in [-0.2, 0) is 15.0 Å². The van der Waals surface area contributed by atoms with Gasteiger partial charge in [0.2, 0.25) is 0 Å². The number of piperidine rings is 1. The van der Waals surface area contributed by atoms with E-state index in [1.165, 1.54) is 18.4 Å². The van der Waals surface area contributed by atoms with Crippen molar-refractivity contribution in [1.82, 2.24) is 9.21 Å². The summed E-state index contributed by atoms with van der Waals surface area (Å²) in [6.45, 7) is 4.03. The monoisotopic (exact) mass is 367 g/mol. The molecule has 0 aliphatic carbocycles. The zero-order chi connectivity index (χ0) is 17.5. The number of likely N-dealkylation sites (tertiary alicyclic amines) is 1. The number of rotatable bonds is 2. The molecular formula is C16H21N3O3S2. The van der Waals surface area contributed by atoms with E-state index in [2.05, 4.69) is 4.40 Å². The van der Waals surface area contributed by atoms with Gasteiger partial charge in [0, 0.05) is 19.1 Å². The predicted molar refractivity (Wildman–Crippen MR) is 95.2 cm³/mol. The van der Waals surface area contributed by atoms with Crippen LogP contribution in [0, 0.1) is 0 Å². The average molecular weight is 367 g/mol. The summed E-state index contributed by atoms with van der Waals surface area (Å²) in [5.41, 5.74) is 0.484. The quantitative estimate of drug-likeness (QED) is 0.806. The summed E-state index contributed by atoms with van der Waals surface area (Å²) in [5.74, 6) is -0.246. The molecule has 2 atom stereocenters. The lowest BCUT2D eigenvalue weighted by Crippen LogP contribution is -2.50. The highest BCUT2D eigenvalue weighted by Crippen LogP contribution is 2.28. The number of amides is 1. The average Bonchev–Trinajstić information content (AvgIpc) is 3.03. The van der Waals surface area contributed by atoms with Gasteiger partial charge >= 0.3 is 10.2 Å². The molecule has 0 saturated carbocycles. The highest BCUT2D eigenvalue weighted by Gasteiger charge is 2.36. The van der Waals surface area contributed by atoms with Crippen molar-refractivity contribution in [3.63, 3.8) is 0 Å². The lowest BCUT2D eigenvalue weighted by Gasteiger charge is -2.40. The molecular weight excluding hydrogens is 346 g/mol. The van der Waals surface area contributed by atoms with Gasteiger partial charge in [0.15, 0.2) is 0 Å². The molecule has 1 aromatic rings. The lowest BCUT2D eigenvalue weighted by atomic mass is 9.97. The van der Waals surface area contributed by atoms with Crippen molar-refractivity contribution in [3.8, 4) is 0 Å². The smallest absolute Gasteiger partial charge is 0.332 e. The topological polar surface area (TPSA) is 70.0 Å². The van der Waals surface area contributed by atoms with Gasteiger partial charge in [-0.05, 0) is 50.6 Å². The number of carbonyl (C=O) groups excluding carboxylic acids is 1. The second kappa shape index (κ2) is 6.33. The third kappa shape index (κ3) is 3.00. The summed E-state index contributed by atoms with van der Waals surface area (Å²) < 4.78 is 29.6. The number of thiophene rings is 1. The van der Waals surface area contributed by atoms with E-state index in [1.807, 2.05) is 25.3 Å². The van der Waals surface area contributed by atoms with E-state index in [0.717, 1.165) is 28.4 Å². The van der Waals surface area contributed by atoms with E-state index in [4.69, 9.17) is 0 Å². The Hall–Kier alpha value is -1.67. The highest BCUT2D eigenvalue weighted by atomic mass is 32.2. The van der Waals surface area contributed by atoms with Gasteiger partial charge in [-0.2, -0.15) is 8.42 Å². The Kier molecular flexibility index (Phi) is 4.52. The fourth-order valence-electron chi connectivity index (χ4n) is 3.25.